The summed E-state index contributed by atoms with van der Waals surface area (Å²) in [7, 11) is 4.02. The van der Waals surface area contributed by atoms with Gasteiger partial charge < -0.3 is 20.4 Å². The van der Waals surface area contributed by atoms with Crippen LogP contribution in [0.2, 0.25) is 0 Å². The van der Waals surface area contributed by atoms with Crippen molar-refractivity contribution >= 4 is 39.2 Å². The van der Waals surface area contributed by atoms with Crippen molar-refractivity contribution in [3.05, 3.63) is 64.4 Å². The number of hydrogen-bond acceptors (Lipinski definition) is 7. The Balaban J connectivity index is 1.40. The van der Waals surface area contributed by atoms with Gasteiger partial charge in [-0.2, -0.15) is 5.10 Å². The van der Waals surface area contributed by atoms with Gasteiger partial charge in [-0.05, 0) is 51.9 Å². The first kappa shape index (κ1) is 23.3. The average molecular weight is 491 g/mol. The Kier molecular flexibility index (Phi) is 5.94. The first-order valence-corrected chi connectivity index (χ1v) is 12.5. The van der Waals surface area contributed by atoms with E-state index in [-0.39, 0.29) is 12.1 Å². The van der Waals surface area contributed by atoms with Gasteiger partial charge in [-0.25, -0.2) is 14.8 Å². The van der Waals surface area contributed by atoms with Gasteiger partial charge in [-0.15, -0.1) is 11.3 Å². The van der Waals surface area contributed by atoms with Crippen LogP contribution in [0.4, 0.5) is 16.4 Å². The summed E-state index contributed by atoms with van der Waals surface area (Å²) in [6.07, 6.45) is 0. The van der Waals surface area contributed by atoms with Crippen LogP contribution in [0.5, 0.6) is 0 Å². The van der Waals surface area contributed by atoms with E-state index in [4.69, 9.17) is 0 Å². The molecule has 2 amide bonds. The van der Waals surface area contributed by atoms with Crippen molar-refractivity contribution in [1.82, 2.24) is 35.3 Å². The lowest BCUT2D eigenvalue weighted by atomic mass is 10.0. The summed E-state index contributed by atoms with van der Waals surface area (Å²) in [4.78, 5) is 27.5. The van der Waals surface area contributed by atoms with Crippen molar-refractivity contribution in [2.45, 2.75) is 38.9 Å². The van der Waals surface area contributed by atoms with Crippen molar-refractivity contribution in [2.75, 3.05) is 26.0 Å². The Bertz CT molecular complexity index is 1360. The third-order valence-electron chi connectivity index (χ3n) is 6.44. The molecule has 4 heterocycles. The van der Waals surface area contributed by atoms with Crippen LogP contribution in [0.1, 0.15) is 42.5 Å². The van der Waals surface area contributed by atoms with Gasteiger partial charge in [0.25, 0.3) is 0 Å². The molecular formula is C25H30N8OS. The van der Waals surface area contributed by atoms with Gasteiger partial charge in [0.15, 0.2) is 5.82 Å². The minimum Gasteiger partial charge on any atom is -0.330 e. The number of thiophene rings is 1. The van der Waals surface area contributed by atoms with Crippen molar-refractivity contribution < 1.29 is 4.79 Å². The fraction of sp³-hybridized carbons (Fsp3) is 0.360. The van der Waals surface area contributed by atoms with Gasteiger partial charge >= 0.3 is 6.03 Å². The van der Waals surface area contributed by atoms with Crippen molar-refractivity contribution in [3.63, 3.8) is 0 Å². The van der Waals surface area contributed by atoms with Crippen LogP contribution < -0.4 is 10.6 Å². The second kappa shape index (κ2) is 8.94. The predicted octanol–water partition coefficient (Wildman–Crippen LogP) is 4.53. The second-order valence-corrected chi connectivity index (χ2v) is 10.5. The van der Waals surface area contributed by atoms with E-state index >= 15 is 0 Å². The Morgan fingerprint density at radius 2 is 1.97 bits per heavy atom. The topological polar surface area (TPSA) is 102 Å². The fourth-order valence-corrected chi connectivity index (χ4v) is 5.44. The molecule has 0 radical (unpaired) electrons. The lowest BCUT2D eigenvalue weighted by Crippen LogP contribution is -2.48. The summed E-state index contributed by atoms with van der Waals surface area (Å²) < 4.78 is 0. The summed E-state index contributed by atoms with van der Waals surface area (Å²) in [6, 6.07) is 11.8. The smallest absolute Gasteiger partial charge is 0.319 e. The molecule has 1 aliphatic heterocycles. The molecule has 0 spiro atoms. The maximum atomic E-state index is 13.6. The van der Waals surface area contributed by atoms with Crippen LogP contribution in [-0.2, 0) is 12.1 Å². The zero-order valence-electron chi connectivity index (χ0n) is 20.6. The molecule has 1 atom stereocenters. The highest BCUT2D eigenvalue weighted by Gasteiger charge is 2.44. The van der Waals surface area contributed by atoms with Gasteiger partial charge in [-0.1, -0.05) is 30.3 Å². The number of urea groups is 1. The second-order valence-electron chi connectivity index (χ2n) is 9.63. The minimum atomic E-state index is -0.551. The largest absolute Gasteiger partial charge is 0.330 e. The number of benzene rings is 1. The molecule has 0 unspecified atom stereocenters. The highest BCUT2D eigenvalue weighted by Crippen LogP contribution is 2.41. The number of aromatic nitrogens is 4. The molecule has 3 aromatic heterocycles. The lowest BCUT2D eigenvalue weighted by molar-refractivity contribution is 0.138. The van der Waals surface area contributed by atoms with Crippen molar-refractivity contribution in [2.24, 2.45) is 0 Å². The number of rotatable bonds is 6. The number of amides is 2. The molecule has 0 aliphatic carbocycles. The van der Waals surface area contributed by atoms with E-state index in [1.807, 2.05) is 81.5 Å². The quantitative estimate of drug-likeness (QED) is 0.367. The number of nitrogens with one attached hydrogen (secondary N) is 3. The Labute approximate surface area is 208 Å². The molecule has 0 bridgehead atoms. The zero-order valence-corrected chi connectivity index (χ0v) is 21.4. The summed E-state index contributed by atoms with van der Waals surface area (Å²) in [5, 5.41) is 17.3. The summed E-state index contributed by atoms with van der Waals surface area (Å²) in [5.74, 6) is 2.10. The predicted molar refractivity (Wildman–Crippen MR) is 139 cm³/mol. The van der Waals surface area contributed by atoms with Crippen LogP contribution in [0.25, 0.3) is 10.2 Å². The van der Waals surface area contributed by atoms with Gasteiger partial charge in [0.1, 0.15) is 16.5 Å². The summed E-state index contributed by atoms with van der Waals surface area (Å²) in [5.41, 5.74) is 2.42. The molecule has 0 saturated carbocycles. The van der Waals surface area contributed by atoms with Crippen LogP contribution in [0, 0.1) is 6.92 Å². The molecule has 5 rings (SSSR count). The molecule has 3 N–H and O–H groups in total. The van der Waals surface area contributed by atoms with Gasteiger partial charge in [0.2, 0.25) is 0 Å². The molecule has 0 saturated heterocycles. The van der Waals surface area contributed by atoms with Crippen LogP contribution in [-0.4, -0.2) is 56.6 Å². The minimum absolute atomic E-state index is 0.112. The molecule has 35 heavy (non-hydrogen) atoms. The molecule has 1 aromatic carbocycles. The molecule has 182 valence electrons. The van der Waals surface area contributed by atoms with Crippen LogP contribution >= 0.6 is 11.3 Å². The first-order chi connectivity index (χ1) is 16.7. The number of aromatic amines is 1. The van der Waals surface area contributed by atoms with Gasteiger partial charge in [0.05, 0.1) is 29.2 Å². The number of aryl methyl sites for hydroxylation is 1. The molecule has 4 aromatic rings. The molecule has 1 aliphatic rings. The van der Waals surface area contributed by atoms with E-state index in [9.17, 15) is 4.79 Å². The number of anilines is 2. The molecule has 0 fully saturated rings. The first-order valence-electron chi connectivity index (χ1n) is 11.6. The third kappa shape index (κ3) is 4.35. The maximum Gasteiger partial charge on any atom is 0.319 e. The molecule has 10 heteroatoms. The fourth-order valence-electron chi connectivity index (χ4n) is 4.63. The molecular weight excluding hydrogens is 460 g/mol. The third-order valence-corrected chi connectivity index (χ3v) is 7.24. The van der Waals surface area contributed by atoms with E-state index in [0.717, 1.165) is 32.9 Å². The number of likely N-dealkylation sites (N-methyl/N-ethyl adjacent to an activating group) is 1. The van der Waals surface area contributed by atoms with Gasteiger partial charge in [0, 0.05) is 12.1 Å². The van der Waals surface area contributed by atoms with Crippen molar-refractivity contribution in [1.29, 1.82) is 0 Å². The Hall–Kier alpha value is -3.50. The van der Waals surface area contributed by atoms with E-state index in [0.29, 0.717) is 24.7 Å². The lowest BCUT2D eigenvalue weighted by Gasteiger charge is -2.34. The average Bonchev–Trinajstić information content (AvgIpc) is 3.50. The van der Waals surface area contributed by atoms with E-state index in [1.54, 1.807) is 11.3 Å². The van der Waals surface area contributed by atoms with E-state index in [2.05, 4.69) is 35.7 Å². The summed E-state index contributed by atoms with van der Waals surface area (Å²) >= 11 is 1.58. The number of nitrogens with zero attached hydrogens (tertiary/aromatic N) is 5. The zero-order chi connectivity index (χ0) is 24.7. The monoisotopic (exact) mass is 490 g/mol. The van der Waals surface area contributed by atoms with Crippen molar-refractivity contribution in [3.8, 4) is 0 Å². The van der Waals surface area contributed by atoms with E-state index in [1.165, 1.54) is 0 Å². The standard InChI is InChI=1S/C25H30N8OS/c1-15-26-21(17-11-12-35-23(17)27-15)29-22-18-13-33(25(2,3)20(18)30-31-22)24(34)28-19(14-32(4)5)16-9-7-6-8-10-16/h6-12,19H,13-14H2,1-5H3,(H,28,34)(H2,26,27,29,30,31)/t19-/m1/s1. The number of hydrogen-bond donors (Lipinski definition) is 3. The van der Waals surface area contributed by atoms with Crippen LogP contribution in [0.3, 0.4) is 0 Å². The highest BCUT2D eigenvalue weighted by molar-refractivity contribution is 7.16. The highest BCUT2D eigenvalue weighted by atomic mass is 32.1. The number of fused-ring (bicyclic) bond motifs is 2. The molecule has 9 nitrogen and oxygen atoms in total. The Morgan fingerprint density at radius 1 is 1.20 bits per heavy atom. The number of carbonyl (C=O) groups is 1. The maximum absolute atomic E-state index is 13.6. The number of H-pyrrole nitrogens is 1. The van der Waals surface area contributed by atoms with E-state index < -0.39 is 5.54 Å². The normalized spacial score (nSPS) is 15.4. The van der Waals surface area contributed by atoms with Crippen LogP contribution in [0.15, 0.2) is 41.8 Å². The van der Waals surface area contributed by atoms with Gasteiger partial charge in [-0.3, -0.25) is 5.10 Å². The SMILES string of the molecule is Cc1nc(Nc2n[nH]c3c2CN(C(=O)N[C@H](CN(C)C)c2ccccc2)C3(C)C)c2ccsc2n1. The Morgan fingerprint density at radius 3 is 2.71 bits per heavy atom. The number of carbonyl (C=O) groups excluding carboxylic acids is 1. The summed E-state index contributed by atoms with van der Waals surface area (Å²) in [6.45, 7) is 7.09.